The van der Waals surface area contributed by atoms with Gasteiger partial charge in [-0.05, 0) is 18.4 Å². The molecule has 1 aromatic carbocycles. The Kier molecular flexibility index (Phi) is 6.92. The summed E-state index contributed by atoms with van der Waals surface area (Å²) in [6, 6.07) is 8.12. The Morgan fingerprint density at radius 1 is 1.34 bits per heavy atom. The molecular weight excluding hydrogens is 402 g/mol. The highest BCUT2D eigenvalue weighted by Gasteiger charge is 2.17. The molecule has 3 rings (SSSR count). The number of hydrogen-bond donors (Lipinski definition) is 1. The van der Waals surface area contributed by atoms with Crippen molar-refractivity contribution in [3.05, 3.63) is 58.2 Å². The first-order chi connectivity index (χ1) is 13.9. The maximum atomic E-state index is 13.3. The SMILES string of the molecule is C=CCn1c(SCC(=O)NCC(C)C)nc2scc(-c3ccc(C)cc3)c2c1=O. The number of hydrogen-bond acceptors (Lipinski definition) is 5. The number of fused-ring (bicyclic) bond motifs is 1. The molecule has 0 aliphatic carbocycles. The number of rotatable bonds is 8. The van der Waals surface area contributed by atoms with Crippen molar-refractivity contribution in [1.29, 1.82) is 0 Å². The first kappa shape index (κ1) is 21.3. The largest absolute Gasteiger partial charge is 0.355 e. The van der Waals surface area contributed by atoms with Crippen LogP contribution < -0.4 is 10.9 Å². The number of carbonyl (C=O) groups excluding carboxylic acids is 1. The number of nitrogens with one attached hydrogen (secondary N) is 1. The van der Waals surface area contributed by atoms with Crippen LogP contribution in [-0.2, 0) is 11.3 Å². The lowest BCUT2D eigenvalue weighted by molar-refractivity contribution is -0.118. The first-order valence-electron chi connectivity index (χ1n) is 9.50. The van der Waals surface area contributed by atoms with Crippen LogP contribution in [0.3, 0.4) is 0 Å². The van der Waals surface area contributed by atoms with E-state index in [1.165, 1.54) is 28.7 Å². The van der Waals surface area contributed by atoms with Gasteiger partial charge >= 0.3 is 0 Å². The van der Waals surface area contributed by atoms with Gasteiger partial charge in [0.05, 0.1) is 11.1 Å². The molecule has 0 unspecified atom stereocenters. The summed E-state index contributed by atoms with van der Waals surface area (Å²) < 4.78 is 1.60. The summed E-state index contributed by atoms with van der Waals surface area (Å²) in [6.45, 7) is 10.9. The quantitative estimate of drug-likeness (QED) is 0.327. The van der Waals surface area contributed by atoms with Gasteiger partial charge in [-0.25, -0.2) is 4.98 Å². The van der Waals surface area contributed by atoms with E-state index < -0.39 is 0 Å². The molecule has 0 fully saturated rings. The molecule has 7 heteroatoms. The van der Waals surface area contributed by atoms with Crippen molar-refractivity contribution in [2.24, 2.45) is 5.92 Å². The molecule has 3 aromatic rings. The van der Waals surface area contributed by atoms with Crippen molar-refractivity contribution in [3.8, 4) is 11.1 Å². The van der Waals surface area contributed by atoms with Crippen molar-refractivity contribution < 1.29 is 4.79 Å². The van der Waals surface area contributed by atoms with E-state index in [0.29, 0.717) is 34.4 Å². The van der Waals surface area contributed by atoms with E-state index >= 15 is 0 Å². The minimum atomic E-state index is -0.100. The zero-order chi connectivity index (χ0) is 21.0. The fraction of sp³-hybridized carbons (Fsp3) is 0.318. The van der Waals surface area contributed by atoms with Crippen molar-refractivity contribution in [3.63, 3.8) is 0 Å². The fourth-order valence-electron chi connectivity index (χ4n) is 2.85. The molecule has 1 N–H and O–H groups in total. The lowest BCUT2D eigenvalue weighted by atomic mass is 10.1. The predicted octanol–water partition coefficient (Wildman–Crippen LogP) is 4.48. The van der Waals surface area contributed by atoms with Crippen molar-refractivity contribution in [2.75, 3.05) is 12.3 Å². The lowest BCUT2D eigenvalue weighted by Gasteiger charge is -2.11. The summed E-state index contributed by atoms with van der Waals surface area (Å²) in [4.78, 5) is 30.8. The number of amides is 1. The smallest absolute Gasteiger partial charge is 0.263 e. The van der Waals surface area contributed by atoms with E-state index in [4.69, 9.17) is 4.98 Å². The lowest BCUT2D eigenvalue weighted by Crippen LogP contribution is -2.29. The van der Waals surface area contributed by atoms with Crippen molar-refractivity contribution in [1.82, 2.24) is 14.9 Å². The number of aromatic nitrogens is 2. The number of carbonyl (C=O) groups is 1. The minimum Gasteiger partial charge on any atom is -0.355 e. The molecule has 5 nitrogen and oxygen atoms in total. The molecule has 0 spiro atoms. The highest BCUT2D eigenvalue weighted by molar-refractivity contribution is 7.99. The Labute approximate surface area is 178 Å². The molecule has 0 aliphatic heterocycles. The molecular formula is C22H25N3O2S2. The minimum absolute atomic E-state index is 0.0604. The predicted molar refractivity (Wildman–Crippen MR) is 123 cm³/mol. The Balaban J connectivity index is 1.96. The second kappa shape index (κ2) is 9.41. The number of benzene rings is 1. The van der Waals surface area contributed by atoms with Crippen LogP contribution in [0.2, 0.25) is 0 Å². The maximum Gasteiger partial charge on any atom is 0.263 e. The molecule has 0 bridgehead atoms. The van der Waals surface area contributed by atoms with Gasteiger partial charge in [-0.1, -0.05) is 61.5 Å². The van der Waals surface area contributed by atoms with Gasteiger partial charge < -0.3 is 5.32 Å². The van der Waals surface area contributed by atoms with Gasteiger partial charge in [-0.15, -0.1) is 17.9 Å². The number of thiophene rings is 1. The summed E-state index contributed by atoms with van der Waals surface area (Å²) >= 11 is 2.73. The zero-order valence-corrected chi connectivity index (χ0v) is 18.5. The second-order valence-corrected chi connectivity index (χ2v) is 9.08. The van der Waals surface area contributed by atoms with E-state index in [2.05, 4.69) is 11.9 Å². The third-order valence-corrected chi connectivity index (χ3v) is 6.22. The Morgan fingerprint density at radius 2 is 2.07 bits per heavy atom. The first-order valence-corrected chi connectivity index (χ1v) is 11.4. The highest BCUT2D eigenvalue weighted by atomic mass is 32.2. The van der Waals surface area contributed by atoms with Gasteiger partial charge in [0.25, 0.3) is 5.56 Å². The van der Waals surface area contributed by atoms with Gasteiger partial charge in [0.15, 0.2) is 5.16 Å². The third kappa shape index (κ3) is 4.97. The molecule has 152 valence electrons. The third-order valence-electron chi connectivity index (χ3n) is 4.37. The Hall–Kier alpha value is -2.38. The molecule has 0 saturated heterocycles. The van der Waals surface area contributed by atoms with Gasteiger partial charge in [0, 0.05) is 24.0 Å². The van der Waals surface area contributed by atoms with E-state index in [9.17, 15) is 9.59 Å². The normalized spacial score (nSPS) is 11.2. The molecule has 1 amide bonds. The Morgan fingerprint density at radius 3 is 2.72 bits per heavy atom. The van der Waals surface area contributed by atoms with Gasteiger partial charge in [0.2, 0.25) is 5.91 Å². The van der Waals surface area contributed by atoms with Crippen molar-refractivity contribution >= 4 is 39.2 Å². The van der Waals surface area contributed by atoms with Crippen LogP contribution in [0, 0.1) is 12.8 Å². The van der Waals surface area contributed by atoms with Crippen LogP contribution in [0.15, 0.2) is 52.3 Å². The summed E-state index contributed by atoms with van der Waals surface area (Å²) in [5.41, 5.74) is 2.97. The molecule has 0 atom stereocenters. The maximum absolute atomic E-state index is 13.3. The van der Waals surface area contributed by atoms with Gasteiger partial charge in [-0.3, -0.25) is 14.2 Å². The Bertz CT molecular complexity index is 1080. The molecule has 2 aromatic heterocycles. The molecule has 0 radical (unpaired) electrons. The average Bonchev–Trinajstić information content (AvgIpc) is 3.12. The topological polar surface area (TPSA) is 64.0 Å². The van der Waals surface area contributed by atoms with Crippen LogP contribution in [0.5, 0.6) is 0 Å². The fourth-order valence-corrected chi connectivity index (χ4v) is 4.68. The second-order valence-electron chi connectivity index (χ2n) is 7.28. The molecule has 2 heterocycles. The van der Waals surface area contributed by atoms with Crippen LogP contribution in [0.25, 0.3) is 21.3 Å². The van der Waals surface area contributed by atoms with Crippen molar-refractivity contribution in [2.45, 2.75) is 32.5 Å². The van der Waals surface area contributed by atoms with Crippen LogP contribution in [0.4, 0.5) is 0 Å². The number of nitrogens with zero attached hydrogens (tertiary/aromatic N) is 2. The van der Waals surface area contributed by atoms with Gasteiger partial charge in [0.1, 0.15) is 4.83 Å². The molecule has 29 heavy (non-hydrogen) atoms. The molecule has 0 aliphatic rings. The van der Waals surface area contributed by atoms with E-state index in [1.54, 1.807) is 10.6 Å². The zero-order valence-electron chi connectivity index (χ0n) is 16.9. The summed E-state index contributed by atoms with van der Waals surface area (Å²) in [5, 5.41) is 6.03. The summed E-state index contributed by atoms with van der Waals surface area (Å²) in [5.74, 6) is 0.552. The summed E-state index contributed by atoms with van der Waals surface area (Å²) in [6.07, 6.45) is 1.68. The van der Waals surface area contributed by atoms with Crippen LogP contribution in [0.1, 0.15) is 19.4 Å². The monoisotopic (exact) mass is 427 g/mol. The standard InChI is InChI=1S/C22H25N3O2S2/c1-5-10-25-21(27)19-17(16-8-6-15(4)7-9-16)12-28-20(19)24-22(25)29-13-18(26)23-11-14(2)3/h5-9,12,14H,1,10-11,13H2,2-4H3,(H,23,26). The summed E-state index contributed by atoms with van der Waals surface area (Å²) in [7, 11) is 0. The average molecular weight is 428 g/mol. The number of allylic oxidation sites excluding steroid dienone is 1. The van der Waals surface area contributed by atoms with E-state index in [-0.39, 0.29) is 17.2 Å². The van der Waals surface area contributed by atoms with Crippen LogP contribution >= 0.6 is 23.1 Å². The van der Waals surface area contributed by atoms with Crippen LogP contribution in [-0.4, -0.2) is 27.8 Å². The van der Waals surface area contributed by atoms with Gasteiger partial charge in [-0.2, -0.15) is 0 Å². The number of aryl methyl sites for hydroxylation is 1. The van der Waals surface area contributed by atoms with E-state index in [1.807, 2.05) is 50.4 Å². The number of thioether (sulfide) groups is 1. The highest BCUT2D eigenvalue weighted by Crippen LogP contribution is 2.32. The van der Waals surface area contributed by atoms with E-state index in [0.717, 1.165) is 11.1 Å². The molecule has 0 saturated carbocycles.